The molecule has 1 amide bonds. The van der Waals surface area contributed by atoms with Gasteiger partial charge in [0.2, 0.25) is 0 Å². The van der Waals surface area contributed by atoms with E-state index in [9.17, 15) is 4.79 Å². The summed E-state index contributed by atoms with van der Waals surface area (Å²) >= 11 is 0. The van der Waals surface area contributed by atoms with Gasteiger partial charge < -0.3 is 15.5 Å². The van der Waals surface area contributed by atoms with Crippen molar-refractivity contribution in [1.82, 2.24) is 5.32 Å². The molecule has 1 saturated carbocycles. The van der Waals surface area contributed by atoms with Crippen LogP contribution in [0, 0.1) is 5.92 Å². The molecule has 0 saturated heterocycles. The zero-order valence-corrected chi connectivity index (χ0v) is 11.7. The molecule has 1 aromatic heterocycles. The maximum atomic E-state index is 12.1. The van der Waals surface area contributed by atoms with Crippen LogP contribution < -0.4 is 11.1 Å². The second-order valence-corrected chi connectivity index (χ2v) is 5.48. The molecule has 1 heterocycles. The lowest BCUT2D eigenvalue weighted by Crippen LogP contribution is -2.37. The first kappa shape index (κ1) is 14.1. The van der Waals surface area contributed by atoms with Crippen molar-refractivity contribution in [2.75, 3.05) is 0 Å². The molecule has 4 nitrogen and oxygen atoms in total. The normalized spacial score (nSPS) is 18.8. The fraction of sp³-hybridized carbons (Fsp3) is 0.667. The Bertz CT molecular complexity index is 406. The molecule has 4 heteroatoms. The van der Waals surface area contributed by atoms with Gasteiger partial charge in [0.25, 0.3) is 5.91 Å². The summed E-state index contributed by atoms with van der Waals surface area (Å²) in [6.45, 7) is 2.42. The van der Waals surface area contributed by atoms with Crippen LogP contribution >= 0.6 is 0 Å². The Balaban J connectivity index is 1.90. The summed E-state index contributed by atoms with van der Waals surface area (Å²) < 4.78 is 5.37. The molecule has 1 aliphatic rings. The molecule has 0 radical (unpaired) electrons. The predicted molar refractivity (Wildman–Crippen MR) is 74.7 cm³/mol. The minimum absolute atomic E-state index is 0.128. The second-order valence-electron chi connectivity index (χ2n) is 5.48. The summed E-state index contributed by atoms with van der Waals surface area (Å²) in [7, 11) is 0. The summed E-state index contributed by atoms with van der Waals surface area (Å²) in [5, 5.41) is 3.06. The third kappa shape index (κ3) is 3.83. The van der Waals surface area contributed by atoms with Crippen LogP contribution in [0.25, 0.3) is 0 Å². The van der Waals surface area contributed by atoms with E-state index in [1.165, 1.54) is 38.5 Å². The topological polar surface area (TPSA) is 68.3 Å². The molecule has 2 rings (SSSR count). The molecule has 1 aliphatic carbocycles. The summed E-state index contributed by atoms with van der Waals surface area (Å²) in [6.07, 6.45) is 7.65. The zero-order chi connectivity index (χ0) is 13.7. The van der Waals surface area contributed by atoms with E-state index in [0.29, 0.717) is 24.0 Å². The van der Waals surface area contributed by atoms with Crippen LogP contribution in [0.3, 0.4) is 0 Å². The molecular weight excluding hydrogens is 240 g/mol. The maximum Gasteiger partial charge on any atom is 0.287 e. The average molecular weight is 264 g/mol. The Labute approximate surface area is 114 Å². The van der Waals surface area contributed by atoms with E-state index in [1.807, 2.05) is 0 Å². The van der Waals surface area contributed by atoms with E-state index >= 15 is 0 Å². The third-order valence-electron chi connectivity index (χ3n) is 4.05. The van der Waals surface area contributed by atoms with Crippen molar-refractivity contribution < 1.29 is 9.21 Å². The lowest BCUT2D eigenvalue weighted by atomic mass is 9.93. The lowest BCUT2D eigenvalue weighted by Gasteiger charge is -2.23. The number of furan rings is 1. The van der Waals surface area contributed by atoms with Gasteiger partial charge in [-0.25, -0.2) is 0 Å². The smallest absolute Gasteiger partial charge is 0.287 e. The van der Waals surface area contributed by atoms with E-state index in [-0.39, 0.29) is 11.9 Å². The van der Waals surface area contributed by atoms with Gasteiger partial charge >= 0.3 is 0 Å². The lowest BCUT2D eigenvalue weighted by molar-refractivity contribution is 0.0894. The SMILES string of the molecule is C[C@H](NC(=O)c1ccc(CN)o1)C1CCCCCC1. The Morgan fingerprint density at radius 2 is 2.05 bits per heavy atom. The van der Waals surface area contributed by atoms with Crippen LogP contribution in [0.4, 0.5) is 0 Å². The van der Waals surface area contributed by atoms with Crippen molar-refractivity contribution in [3.8, 4) is 0 Å². The molecule has 1 aromatic rings. The van der Waals surface area contributed by atoms with Crippen molar-refractivity contribution in [2.45, 2.75) is 58.0 Å². The maximum absolute atomic E-state index is 12.1. The van der Waals surface area contributed by atoms with Crippen LogP contribution in [0.2, 0.25) is 0 Å². The first-order chi connectivity index (χ1) is 9.20. The third-order valence-corrected chi connectivity index (χ3v) is 4.05. The number of amides is 1. The summed E-state index contributed by atoms with van der Waals surface area (Å²) in [5.74, 6) is 1.47. The first-order valence-corrected chi connectivity index (χ1v) is 7.30. The number of hydrogen-bond donors (Lipinski definition) is 2. The predicted octanol–water partition coefficient (Wildman–Crippen LogP) is 2.83. The van der Waals surface area contributed by atoms with Crippen molar-refractivity contribution in [3.63, 3.8) is 0 Å². The Morgan fingerprint density at radius 1 is 1.37 bits per heavy atom. The first-order valence-electron chi connectivity index (χ1n) is 7.30. The Hall–Kier alpha value is -1.29. The van der Waals surface area contributed by atoms with E-state index in [1.54, 1.807) is 12.1 Å². The fourth-order valence-electron chi connectivity index (χ4n) is 2.82. The molecule has 0 bridgehead atoms. The van der Waals surface area contributed by atoms with Gasteiger partial charge in [0.1, 0.15) is 5.76 Å². The number of nitrogens with one attached hydrogen (secondary N) is 1. The summed E-state index contributed by atoms with van der Waals surface area (Å²) in [6, 6.07) is 3.65. The van der Waals surface area contributed by atoms with Gasteiger partial charge in [0.15, 0.2) is 5.76 Å². The number of carbonyl (C=O) groups excluding carboxylic acids is 1. The van der Waals surface area contributed by atoms with Crippen LogP contribution in [-0.2, 0) is 6.54 Å². The number of hydrogen-bond acceptors (Lipinski definition) is 3. The fourth-order valence-corrected chi connectivity index (χ4v) is 2.82. The molecule has 0 aliphatic heterocycles. The number of carbonyl (C=O) groups is 1. The van der Waals surface area contributed by atoms with Crippen molar-refractivity contribution >= 4 is 5.91 Å². The molecule has 1 atom stereocenters. The highest BCUT2D eigenvalue weighted by molar-refractivity contribution is 5.91. The highest BCUT2D eigenvalue weighted by Gasteiger charge is 2.22. The summed E-state index contributed by atoms with van der Waals surface area (Å²) in [5.41, 5.74) is 5.47. The number of rotatable bonds is 4. The van der Waals surface area contributed by atoms with Crippen molar-refractivity contribution in [3.05, 3.63) is 23.7 Å². The van der Waals surface area contributed by atoms with Crippen LogP contribution in [-0.4, -0.2) is 11.9 Å². The van der Waals surface area contributed by atoms with Gasteiger partial charge in [-0.3, -0.25) is 4.79 Å². The summed E-state index contributed by atoms with van der Waals surface area (Å²) in [4.78, 5) is 12.1. The van der Waals surface area contributed by atoms with Gasteiger partial charge in [-0.2, -0.15) is 0 Å². The molecule has 19 heavy (non-hydrogen) atoms. The van der Waals surface area contributed by atoms with E-state index in [2.05, 4.69) is 12.2 Å². The molecule has 1 fully saturated rings. The largest absolute Gasteiger partial charge is 0.455 e. The van der Waals surface area contributed by atoms with Crippen molar-refractivity contribution in [2.24, 2.45) is 11.7 Å². The van der Waals surface area contributed by atoms with Gasteiger partial charge in [0.05, 0.1) is 6.54 Å². The van der Waals surface area contributed by atoms with Crippen LogP contribution in [0.1, 0.15) is 61.8 Å². The Morgan fingerprint density at radius 3 is 2.63 bits per heavy atom. The Kier molecular flexibility index (Phi) is 5.02. The quantitative estimate of drug-likeness (QED) is 0.822. The standard InChI is InChI=1S/C15H24N2O2/c1-11(12-6-4-2-3-5-7-12)17-15(18)14-9-8-13(10-16)19-14/h8-9,11-12H,2-7,10,16H2,1H3,(H,17,18)/t11-/m0/s1. The van der Waals surface area contributed by atoms with Gasteiger partial charge in [-0.15, -0.1) is 0 Å². The second kappa shape index (κ2) is 6.75. The van der Waals surface area contributed by atoms with Gasteiger partial charge in [0, 0.05) is 6.04 Å². The zero-order valence-electron chi connectivity index (χ0n) is 11.7. The highest BCUT2D eigenvalue weighted by atomic mass is 16.4. The molecule has 0 spiro atoms. The van der Waals surface area contributed by atoms with Crippen molar-refractivity contribution in [1.29, 1.82) is 0 Å². The van der Waals surface area contributed by atoms with E-state index in [4.69, 9.17) is 10.2 Å². The molecule has 106 valence electrons. The van der Waals surface area contributed by atoms with Crippen LogP contribution in [0.15, 0.2) is 16.5 Å². The van der Waals surface area contributed by atoms with Crippen LogP contribution in [0.5, 0.6) is 0 Å². The van der Waals surface area contributed by atoms with Gasteiger partial charge in [-0.05, 0) is 37.8 Å². The average Bonchev–Trinajstić information content (AvgIpc) is 2.73. The highest BCUT2D eigenvalue weighted by Crippen LogP contribution is 2.25. The van der Waals surface area contributed by atoms with Gasteiger partial charge in [-0.1, -0.05) is 25.7 Å². The molecule has 0 unspecified atom stereocenters. The molecule has 3 N–H and O–H groups in total. The number of nitrogens with two attached hydrogens (primary N) is 1. The molecular formula is C15H24N2O2. The molecule has 0 aromatic carbocycles. The minimum atomic E-state index is -0.128. The minimum Gasteiger partial charge on any atom is -0.455 e. The van der Waals surface area contributed by atoms with E-state index in [0.717, 1.165) is 0 Å². The monoisotopic (exact) mass is 264 g/mol. The van der Waals surface area contributed by atoms with E-state index < -0.39 is 0 Å².